The Bertz CT molecular complexity index is 885. The van der Waals surface area contributed by atoms with Crippen molar-refractivity contribution < 1.29 is 22.7 Å². The first kappa shape index (κ1) is 22.1. The van der Waals surface area contributed by atoms with E-state index in [0.29, 0.717) is 11.3 Å². The summed E-state index contributed by atoms with van der Waals surface area (Å²) in [5, 5.41) is 11.7. The average molecular weight is 400 g/mol. The fourth-order valence-electron chi connectivity index (χ4n) is 2.28. The van der Waals surface area contributed by atoms with E-state index in [1.54, 1.807) is 13.8 Å². The molecule has 0 saturated heterocycles. The van der Waals surface area contributed by atoms with Crippen LogP contribution in [0.2, 0.25) is 0 Å². The highest BCUT2D eigenvalue weighted by molar-refractivity contribution is 7.91. The molecule has 0 radical (unpaired) electrons. The number of aryl methyl sites for hydroxylation is 1. The Kier molecular flexibility index (Phi) is 7.80. The Morgan fingerprint density at radius 2 is 1.92 bits per heavy atom. The van der Waals surface area contributed by atoms with Crippen LogP contribution in [0.4, 0.5) is 10.1 Å². The van der Waals surface area contributed by atoms with Gasteiger partial charge in [0.15, 0.2) is 9.84 Å². The molecule has 0 fully saturated rings. The molecular formula is C18H22FNO4S2. The Morgan fingerprint density at radius 3 is 2.54 bits per heavy atom. The van der Waals surface area contributed by atoms with E-state index >= 15 is 0 Å². The molecule has 0 spiro atoms. The molecule has 0 saturated carbocycles. The second-order valence-corrected chi connectivity index (χ2v) is 8.05. The molecule has 2 N–H and O–H groups in total. The molecule has 142 valence electrons. The lowest BCUT2D eigenvalue weighted by atomic mass is 10.2. The van der Waals surface area contributed by atoms with E-state index in [2.05, 4.69) is 5.32 Å². The van der Waals surface area contributed by atoms with Crippen LogP contribution in [0.25, 0.3) is 0 Å². The van der Waals surface area contributed by atoms with Gasteiger partial charge < -0.3 is 10.4 Å². The predicted molar refractivity (Wildman–Crippen MR) is 104 cm³/mol. The molecule has 0 bridgehead atoms. The molecule has 0 aliphatic heterocycles. The maximum absolute atomic E-state index is 13.3. The zero-order valence-electron chi connectivity index (χ0n) is 14.5. The van der Waals surface area contributed by atoms with Crippen LogP contribution in [0.3, 0.4) is 0 Å². The summed E-state index contributed by atoms with van der Waals surface area (Å²) in [7, 11) is -3.60. The number of sulfone groups is 1. The lowest BCUT2D eigenvalue weighted by molar-refractivity contribution is 0.102. The van der Waals surface area contributed by atoms with E-state index in [1.807, 2.05) is 0 Å². The number of amides is 1. The van der Waals surface area contributed by atoms with Crippen molar-refractivity contribution in [1.82, 2.24) is 0 Å². The minimum absolute atomic E-state index is 0. The van der Waals surface area contributed by atoms with Crippen LogP contribution >= 0.6 is 13.5 Å². The molecule has 0 unspecified atom stereocenters. The number of halogens is 1. The summed E-state index contributed by atoms with van der Waals surface area (Å²) in [5.41, 5.74) is 0.998. The number of nitrogens with one attached hydrogen (secondary N) is 1. The molecular weight excluding hydrogens is 377 g/mol. The largest absolute Gasteiger partial charge is 0.396 e. The summed E-state index contributed by atoms with van der Waals surface area (Å²) in [6, 6.07) is 9.88. The smallest absolute Gasteiger partial charge is 0.255 e. The van der Waals surface area contributed by atoms with Crippen LogP contribution in [0.1, 0.15) is 22.8 Å². The van der Waals surface area contributed by atoms with Crippen molar-refractivity contribution in [1.29, 1.82) is 0 Å². The average Bonchev–Trinajstić information content (AvgIpc) is 2.57. The number of carbonyl (C=O) groups excluding carboxylic acids is 1. The van der Waals surface area contributed by atoms with Crippen LogP contribution in [-0.2, 0) is 9.84 Å². The number of aliphatic hydroxyl groups excluding tert-OH is 1. The molecule has 1 atom stereocenters. The highest BCUT2D eigenvalue weighted by atomic mass is 32.2. The summed E-state index contributed by atoms with van der Waals surface area (Å²) in [4.78, 5) is 12.4. The molecule has 2 aromatic rings. The monoisotopic (exact) mass is 399 g/mol. The molecule has 2 aromatic carbocycles. The number of hydrogen-bond acceptors (Lipinski definition) is 4. The van der Waals surface area contributed by atoms with Gasteiger partial charge in [0.1, 0.15) is 5.82 Å². The van der Waals surface area contributed by atoms with E-state index in [9.17, 15) is 17.6 Å². The molecule has 0 aliphatic carbocycles. The second kappa shape index (κ2) is 9.16. The standard InChI is InChI=1S/C18H20FNO4S.H2S/c1-12(10-21)11-25(23,24)16-5-3-4-14(9-16)18(22)20-15-6-7-17(19)13(2)8-15;/h3-9,12,21H,10-11H2,1-2H3,(H,20,22);1H2/t12-;/m0./s1. The fourth-order valence-corrected chi connectivity index (χ4v) is 3.92. The van der Waals surface area contributed by atoms with E-state index < -0.39 is 21.7 Å². The zero-order chi connectivity index (χ0) is 18.6. The van der Waals surface area contributed by atoms with Crippen molar-refractivity contribution in [2.75, 3.05) is 17.7 Å². The highest BCUT2D eigenvalue weighted by Gasteiger charge is 2.19. The Hall–Kier alpha value is -1.90. The third-order valence-electron chi connectivity index (χ3n) is 3.69. The Morgan fingerprint density at radius 1 is 1.23 bits per heavy atom. The van der Waals surface area contributed by atoms with Crippen LogP contribution < -0.4 is 5.32 Å². The molecule has 8 heteroatoms. The van der Waals surface area contributed by atoms with Gasteiger partial charge in [0, 0.05) is 17.9 Å². The number of benzene rings is 2. The number of anilines is 1. The normalized spacial score (nSPS) is 12.2. The zero-order valence-corrected chi connectivity index (χ0v) is 16.3. The van der Waals surface area contributed by atoms with Gasteiger partial charge in [0.2, 0.25) is 0 Å². The van der Waals surface area contributed by atoms with Gasteiger partial charge in [0.25, 0.3) is 5.91 Å². The number of aliphatic hydroxyl groups is 1. The van der Waals surface area contributed by atoms with Gasteiger partial charge in [-0.05, 0) is 54.8 Å². The van der Waals surface area contributed by atoms with Crippen molar-refractivity contribution in [3.05, 3.63) is 59.4 Å². The van der Waals surface area contributed by atoms with Gasteiger partial charge in [0.05, 0.1) is 10.6 Å². The number of rotatable bonds is 6. The van der Waals surface area contributed by atoms with Gasteiger partial charge in [-0.2, -0.15) is 13.5 Å². The van der Waals surface area contributed by atoms with Crippen molar-refractivity contribution in [3.63, 3.8) is 0 Å². The Balaban J connectivity index is 0.00000338. The molecule has 0 aliphatic rings. The van der Waals surface area contributed by atoms with Crippen molar-refractivity contribution >= 4 is 34.9 Å². The first-order valence-electron chi connectivity index (χ1n) is 7.74. The van der Waals surface area contributed by atoms with E-state index in [4.69, 9.17) is 5.11 Å². The summed E-state index contributed by atoms with van der Waals surface area (Å²) >= 11 is 0. The fraction of sp³-hybridized carbons (Fsp3) is 0.278. The van der Waals surface area contributed by atoms with Crippen molar-refractivity contribution in [3.8, 4) is 0 Å². The topological polar surface area (TPSA) is 83.5 Å². The summed E-state index contributed by atoms with van der Waals surface area (Å²) in [6.45, 7) is 2.98. The van der Waals surface area contributed by atoms with Gasteiger partial charge >= 0.3 is 0 Å². The van der Waals surface area contributed by atoms with Gasteiger partial charge in [-0.25, -0.2) is 12.8 Å². The Labute approximate surface area is 159 Å². The summed E-state index contributed by atoms with van der Waals surface area (Å²) in [6.07, 6.45) is 0. The summed E-state index contributed by atoms with van der Waals surface area (Å²) < 4.78 is 37.9. The van der Waals surface area contributed by atoms with Crippen LogP contribution in [0.5, 0.6) is 0 Å². The van der Waals surface area contributed by atoms with Crippen molar-refractivity contribution in [2.24, 2.45) is 5.92 Å². The van der Waals surface area contributed by atoms with E-state index in [0.717, 1.165) is 0 Å². The number of hydrogen-bond donors (Lipinski definition) is 2. The molecule has 0 aromatic heterocycles. The first-order valence-corrected chi connectivity index (χ1v) is 9.39. The predicted octanol–water partition coefficient (Wildman–Crippen LogP) is 2.90. The van der Waals surface area contributed by atoms with E-state index in [-0.39, 0.29) is 42.1 Å². The maximum atomic E-state index is 13.3. The SMILES string of the molecule is Cc1cc(NC(=O)c2cccc(S(=O)(=O)C[C@@H](C)CO)c2)ccc1F.S. The van der Waals surface area contributed by atoms with Gasteiger partial charge in [-0.1, -0.05) is 13.0 Å². The third kappa shape index (κ3) is 5.55. The molecule has 5 nitrogen and oxygen atoms in total. The summed E-state index contributed by atoms with van der Waals surface area (Å²) in [5.74, 6) is -1.46. The van der Waals surface area contributed by atoms with Crippen LogP contribution in [-0.4, -0.2) is 31.8 Å². The van der Waals surface area contributed by atoms with E-state index in [1.165, 1.54) is 42.5 Å². The maximum Gasteiger partial charge on any atom is 0.255 e. The number of carbonyl (C=O) groups is 1. The van der Waals surface area contributed by atoms with Crippen LogP contribution in [0, 0.1) is 18.7 Å². The first-order chi connectivity index (χ1) is 11.7. The lowest BCUT2D eigenvalue weighted by Gasteiger charge is -2.11. The quantitative estimate of drug-likeness (QED) is 0.782. The van der Waals surface area contributed by atoms with Crippen LogP contribution in [0.15, 0.2) is 47.4 Å². The minimum Gasteiger partial charge on any atom is -0.396 e. The van der Waals surface area contributed by atoms with Gasteiger partial charge in [-0.3, -0.25) is 4.79 Å². The third-order valence-corrected chi connectivity index (χ3v) is 5.67. The van der Waals surface area contributed by atoms with Crippen molar-refractivity contribution in [2.45, 2.75) is 18.7 Å². The lowest BCUT2D eigenvalue weighted by Crippen LogP contribution is -2.18. The molecule has 0 heterocycles. The highest BCUT2D eigenvalue weighted by Crippen LogP contribution is 2.18. The van der Waals surface area contributed by atoms with Gasteiger partial charge in [-0.15, -0.1) is 0 Å². The second-order valence-electron chi connectivity index (χ2n) is 6.02. The molecule has 2 rings (SSSR count). The molecule has 1 amide bonds. The minimum atomic E-state index is -3.60. The molecule has 26 heavy (non-hydrogen) atoms.